The molecule has 1 unspecified atom stereocenters. The molecule has 0 saturated carbocycles. The first-order chi connectivity index (χ1) is 20.8. The van der Waals surface area contributed by atoms with Crippen molar-refractivity contribution in [2.75, 3.05) is 12.4 Å². The number of halogens is 3. The number of ether oxygens (including phenoxy) is 1. The number of alkyl halides is 3. The van der Waals surface area contributed by atoms with Crippen LogP contribution in [0.25, 0.3) is 11.1 Å². The summed E-state index contributed by atoms with van der Waals surface area (Å²) in [6.45, 7) is 0.547. The zero-order chi connectivity index (χ0) is 30.2. The Morgan fingerprint density at radius 2 is 1.53 bits per heavy atom. The van der Waals surface area contributed by atoms with Gasteiger partial charge < -0.3 is 14.4 Å². The van der Waals surface area contributed by atoms with Crippen LogP contribution in [0.4, 0.5) is 13.2 Å². The van der Waals surface area contributed by atoms with Gasteiger partial charge in [-0.1, -0.05) is 60.7 Å². The second-order valence-corrected chi connectivity index (χ2v) is 12.4. The van der Waals surface area contributed by atoms with E-state index in [0.29, 0.717) is 17.9 Å². The van der Waals surface area contributed by atoms with Crippen molar-refractivity contribution in [1.82, 2.24) is 0 Å². The van der Waals surface area contributed by atoms with Crippen molar-refractivity contribution in [3.63, 3.8) is 0 Å². The zero-order valence-electron chi connectivity index (χ0n) is 23.9. The van der Waals surface area contributed by atoms with Crippen LogP contribution >= 0.6 is 0 Å². The van der Waals surface area contributed by atoms with Gasteiger partial charge in [-0.25, -0.2) is 0 Å². The number of hydrogen-bond donors (Lipinski definition) is 1. The molecule has 0 amide bonds. The van der Waals surface area contributed by atoms with Crippen molar-refractivity contribution in [2.45, 2.75) is 50.5 Å². The molecule has 43 heavy (non-hydrogen) atoms. The normalized spacial score (nSPS) is 14.2. The van der Waals surface area contributed by atoms with Crippen molar-refractivity contribution in [3.05, 3.63) is 130 Å². The van der Waals surface area contributed by atoms with Crippen LogP contribution < -0.4 is 4.74 Å². The van der Waals surface area contributed by atoms with Gasteiger partial charge in [0.05, 0.1) is 12.2 Å². The molecule has 224 valence electrons. The highest BCUT2D eigenvalue weighted by Crippen LogP contribution is 2.41. The van der Waals surface area contributed by atoms with E-state index in [1.165, 1.54) is 28.8 Å². The molecule has 7 heteroatoms. The van der Waals surface area contributed by atoms with Gasteiger partial charge in [0, 0.05) is 5.56 Å². The molecule has 1 aliphatic carbocycles. The summed E-state index contributed by atoms with van der Waals surface area (Å²) in [6, 6.07) is 29.2. The largest absolute Gasteiger partial charge is 0.616 e. The van der Waals surface area contributed by atoms with Crippen LogP contribution in [0.3, 0.4) is 0 Å². The molecule has 1 atom stereocenters. The third kappa shape index (κ3) is 8.24. The Labute approximate surface area is 254 Å². The molecule has 0 radical (unpaired) electrons. The van der Waals surface area contributed by atoms with Gasteiger partial charge in [-0.15, -0.1) is 0 Å². The molecule has 0 saturated heterocycles. The number of allylic oxidation sites excluding steroid dienone is 1. The molecular weight excluding hydrogens is 569 g/mol. The van der Waals surface area contributed by atoms with Crippen molar-refractivity contribution < 1.29 is 27.6 Å². The van der Waals surface area contributed by atoms with Gasteiger partial charge in [-0.3, -0.25) is 0 Å². The molecule has 1 aliphatic rings. The van der Waals surface area contributed by atoms with E-state index < -0.39 is 22.9 Å². The Bertz CT molecular complexity index is 1510. The molecular formula is C36H35F3O3S. The fourth-order valence-electron chi connectivity index (χ4n) is 5.53. The molecule has 0 aromatic heterocycles. The number of rotatable bonds is 11. The van der Waals surface area contributed by atoms with Gasteiger partial charge in [-0.05, 0) is 119 Å². The van der Waals surface area contributed by atoms with E-state index >= 15 is 0 Å². The zero-order valence-corrected chi connectivity index (χ0v) is 24.7. The second-order valence-electron chi connectivity index (χ2n) is 10.8. The van der Waals surface area contributed by atoms with E-state index in [1.807, 2.05) is 30.3 Å². The van der Waals surface area contributed by atoms with Crippen molar-refractivity contribution >= 4 is 22.3 Å². The topological polar surface area (TPSA) is 52.5 Å². The van der Waals surface area contributed by atoms with Crippen LogP contribution in [-0.4, -0.2) is 22.0 Å². The summed E-state index contributed by atoms with van der Waals surface area (Å²) < 4.78 is 56.5. The summed E-state index contributed by atoms with van der Waals surface area (Å²) in [4.78, 5) is 0. The number of aromatic hydroxyl groups is 1. The smallest absolute Gasteiger partial charge is 0.416 e. The monoisotopic (exact) mass is 604 g/mol. The first-order valence-corrected chi connectivity index (χ1v) is 16.1. The van der Waals surface area contributed by atoms with Crippen LogP contribution in [0, 0.1) is 0 Å². The van der Waals surface area contributed by atoms with Crippen LogP contribution in [0.2, 0.25) is 0 Å². The van der Waals surface area contributed by atoms with E-state index in [0.717, 1.165) is 73.1 Å². The van der Waals surface area contributed by atoms with Crippen LogP contribution in [-0.2, 0) is 29.5 Å². The average Bonchev–Trinajstić information content (AvgIpc) is 3.19. The molecule has 4 aromatic rings. The van der Waals surface area contributed by atoms with Crippen LogP contribution in [0.1, 0.15) is 65.5 Å². The quantitative estimate of drug-likeness (QED) is 0.137. The van der Waals surface area contributed by atoms with Gasteiger partial charge in [0.25, 0.3) is 0 Å². The summed E-state index contributed by atoms with van der Waals surface area (Å²) in [5.74, 6) is 1.84. The third-order valence-electron chi connectivity index (χ3n) is 7.69. The van der Waals surface area contributed by atoms with Crippen molar-refractivity contribution in [3.8, 4) is 11.5 Å². The fraction of sp³-hybridized carbons (Fsp3) is 0.278. The molecule has 0 spiro atoms. The number of unbranched alkanes of at least 4 members (excludes halogenated alkanes) is 2. The Morgan fingerprint density at radius 3 is 2.26 bits per heavy atom. The fourth-order valence-corrected chi connectivity index (χ4v) is 6.76. The highest BCUT2D eigenvalue weighted by Gasteiger charge is 2.30. The maximum Gasteiger partial charge on any atom is 0.416 e. The summed E-state index contributed by atoms with van der Waals surface area (Å²) in [7, 11) is 0. The summed E-state index contributed by atoms with van der Waals surface area (Å²) in [5, 5.41) is 10.1. The Kier molecular flexibility index (Phi) is 10.2. The minimum atomic E-state index is -4.36. The van der Waals surface area contributed by atoms with E-state index in [9.17, 15) is 22.8 Å². The van der Waals surface area contributed by atoms with Crippen LogP contribution in [0.15, 0.2) is 97.1 Å². The van der Waals surface area contributed by atoms with E-state index in [1.54, 1.807) is 6.07 Å². The van der Waals surface area contributed by atoms with E-state index in [4.69, 9.17) is 4.74 Å². The lowest BCUT2D eigenvalue weighted by molar-refractivity contribution is -0.137. The summed E-state index contributed by atoms with van der Waals surface area (Å²) in [5.41, 5.74) is 7.07. The van der Waals surface area contributed by atoms with Gasteiger partial charge in [0.2, 0.25) is 0 Å². The molecule has 5 rings (SSSR count). The molecule has 0 aliphatic heterocycles. The van der Waals surface area contributed by atoms with Gasteiger partial charge >= 0.3 is 6.18 Å². The van der Waals surface area contributed by atoms with Gasteiger partial charge in [-0.2, -0.15) is 13.2 Å². The minimum Gasteiger partial charge on any atom is -0.616 e. The highest BCUT2D eigenvalue weighted by molar-refractivity contribution is 7.90. The molecule has 1 N–H and O–H groups in total. The number of phenols is 1. The molecule has 0 bridgehead atoms. The predicted octanol–water partition coefficient (Wildman–Crippen LogP) is 9.20. The minimum absolute atomic E-state index is 0.259. The number of fused-ring (bicyclic) bond motifs is 1. The second kappa shape index (κ2) is 14.2. The third-order valence-corrected chi connectivity index (χ3v) is 9.09. The maximum absolute atomic E-state index is 12.7. The average molecular weight is 605 g/mol. The Hall–Kier alpha value is -3.68. The Morgan fingerprint density at radius 1 is 0.791 bits per heavy atom. The number of aryl methyl sites for hydroxylation is 1. The molecule has 3 nitrogen and oxygen atoms in total. The van der Waals surface area contributed by atoms with E-state index in [2.05, 4.69) is 36.4 Å². The highest BCUT2D eigenvalue weighted by atomic mass is 32.2. The lowest BCUT2D eigenvalue weighted by Gasteiger charge is -2.17. The number of phenolic OH excluding ortho intramolecular Hbond substituents is 1. The first kappa shape index (κ1) is 30.8. The number of benzene rings is 4. The van der Waals surface area contributed by atoms with Crippen molar-refractivity contribution in [1.29, 1.82) is 0 Å². The SMILES string of the molecule is [O-][S+](CCCCCOc1ccc(C2=C(c3ccccc3)CCCc3cc(O)ccc32)cc1)Cc1ccc(C(F)(F)F)cc1. The Balaban J connectivity index is 1.15. The molecule has 4 aromatic carbocycles. The standard InChI is InChI=1S/C36H35F3O3S/c37-36(38,39)30-16-12-26(13-17-30)25-43(41)23-6-2-5-22-42-32-19-14-28(15-20-32)35-33(27-8-3-1-4-9-27)11-7-10-29-24-31(40)18-21-34(29)35/h1,3-4,8-9,12-21,24,40H,2,5-7,10-11,22-23,25H2. The molecule has 0 heterocycles. The summed E-state index contributed by atoms with van der Waals surface area (Å²) in [6.07, 6.45) is 0.940. The van der Waals surface area contributed by atoms with Crippen LogP contribution in [0.5, 0.6) is 11.5 Å². The summed E-state index contributed by atoms with van der Waals surface area (Å²) >= 11 is -1.12. The lowest BCUT2D eigenvalue weighted by Crippen LogP contribution is -2.10. The first-order valence-electron chi connectivity index (χ1n) is 14.6. The lowest BCUT2D eigenvalue weighted by atomic mass is 9.88. The number of hydrogen-bond acceptors (Lipinski definition) is 3. The van der Waals surface area contributed by atoms with Gasteiger partial charge in [0.1, 0.15) is 23.0 Å². The predicted molar refractivity (Wildman–Crippen MR) is 167 cm³/mol. The maximum atomic E-state index is 12.7. The van der Waals surface area contributed by atoms with E-state index in [-0.39, 0.29) is 11.5 Å². The van der Waals surface area contributed by atoms with Crippen molar-refractivity contribution in [2.24, 2.45) is 0 Å². The molecule has 0 fully saturated rings. The van der Waals surface area contributed by atoms with Gasteiger partial charge in [0.15, 0.2) is 0 Å².